The minimum Gasteiger partial charge on any atom is -0.334 e. The number of anilines is 2. The molecule has 1 atom stereocenters. The van der Waals surface area contributed by atoms with Crippen LogP contribution in [-0.2, 0) is 7.05 Å². The lowest BCUT2D eigenvalue weighted by atomic mass is 9.88. The van der Waals surface area contributed by atoms with E-state index in [0.29, 0.717) is 23.6 Å². The summed E-state index contributed by atoms with van der Waals surface area (Å²) < 4.78 is 41.8. The van der Waals surface area contributed by atoms with Crippen LogP contribution in [0.2, 0.25) is 0 Å². The van der Waals surface area contributed by atoms with Crippen LogP contribution in [0.15, 0.2) is 31.0 Å². The Morgan fingerprint density at radius 2 is 2.08 bits per heavy atom. The van der Waals surface area contributed by atoms with E-state index in [1.54, 1.807) is 40.9 Å². The Morgan fingerprint density at radius 1 is 1.23 bits per heavy atom. The molecule has 1 aliphatic rings. The molecule has 10 heteroatoms. The smallest absolute Gasteiger partial charge is 0.334 e. The van der Waals surface area contributed by atoms with Gasteiger partial charge in [-0.3, -0.25) is 4.68 Å². The molecule has 26 heavy (non-hydrogen) atoms. The number of hydrogen-bond donors (Lipinski definition) is 1. The molecule has 0 fully saturated rings. The fourth-order valence-corrected chi connectivity index (χ4v) is 3.05. The van der Waals surface area contributed by atoms with Crippen molar-refractivity contribution in [3.63, 3.8) is 0 Å². The Kier molecular flexibility index (Phi) is 3.89. The van der Waals surface area contributed by atoms with E-state index >= 15 is 0 Å². The second kappa shape index (κ2) is 6.11. The van der Waals surface area contributed by atoms with Crippen LogP contribution in [-0.4, -0.2) is 35.5 Å². The van der Waals surface area contributed by atoms with Gasteiger partial charge in [-0.05, 0) is 24.8 Å². The van der Waals surface area contributed by atoms with Gasteiger partial charge in [-0.15, -0.1) is 0 Å². The molecule has 0 saturated heterocycles. The Balaban J connectivity index is 1.67. The van der Waals surface area contributed by atoms with Crippen LogP contribution in [0.5, 0.6) is 0 Å². The quantitative estimate of drug-likeness (QED) is 0.773. The van der Waals surface area contributed by atoms with Gasteiger partial charge < -0.3 is 5.32 Å². The normalized spacial score (nSPS) is 18.2. The Hall–Kier alpha value is -2.91. The summed E-state index contributed by atoms with van der Waals surface area (Å²) >= 11 is 0. The summed E-state index contributed by atoms with van der Waals surface area (Å²) in [6, 6.07) is 0. The van der Waals surface area contributed by atoms with E-state index in [-0.39, 0.29) is 12.8 Å². The van der Waals surface area contributed by atoms with E-state index in [4.69, 9.17) is 0 Å². The number of aromatic nitrogens is 6. The molecule has 0 amide bonds. The topological polar surface area (TPSA) is 72.9 Å². The lowest BCUT2D eigenvalue weighted by Crippen LogP contribution is -2.24. The fourth-order valence-electron chi connectivity index (χ4n) is 3.05. The maximum Gasteiger partial charge on any atom is 0.392 e. The van der Waals surface area contributed by atoms with Crippen molar-refractivity contribution < 1.29 is 13.2 Å². The molecule has 0 spiro atoms. The molecule has 4 rings (SSSR count). The molecule has 1 N–H and O–H groups in total. The molecule has 1 unspecified atom stereocenters. The fraction of sp³-hybridized carbons (Fsp3) is 0.375. The van der Waals surface area contributed by atoms with E-state index in [2.05, 4.69) is 25.5 Å². The Labute approximate surface area is 146 Å². The zero-order chi connectivity index (χ0) is 18.3. The number of allylic oxidation sites excluding steroid dienone is 2. The number of nitrogens with zero attached hydrogens (tertiary/aromatic N) is 6. The molecule has 0 radical (unpaired) electrons. The molecular formula is C16H16F3N7. The molecule has 0 aliphatic heterocycles. The third-order valence-electron chi connectivity index (χ3n) is 4.43. The molecule has 3 aromatic rings. The predicted molar refractivity (Wildman–Crippen MR) is 88.6 cm³/mol. The Bertz CT molecular complexity index is 970. The van der Waals surface area contributed by atoms with E-state index < -0.39 is 12.1 Å². The summed E-state index contributed by atoms with van der Waals surface area (Å²) in [6.07, 6.45) is 4.37. The molecule has 0 bridgehead atoms. The predicted octanol–water partition coefficient (Wildman–Crippen LogP) is 3.35. The van der Waals surface area contributed by atoms with Gasteiger partial charge in [-0.25, -0.2) is 14.5 Å². The van der Waals surface area contributed by atoms with Gasteiger partial charge in [0.05, 0.1) is 29.7 Å². The highest BCUT2D eigenvalue weighted by Crippen LogP contribution is 2.39. The van der Waals surface area contributed by atoms with Crippen molar-refractivity contribution in [1.82, 2.24) is 29.4 Å². The van der Waals surface area contributed by atoms with E-state index in [9.17, 15) is 13.2 Å². The third kappa shape index (κ3) is 3.14. The van der Waals surface area contributed by atoms with Gasteiger partial charge in [0.15, 0.2) is 11.5 Å². The average molecular weight is 363 g/mol. The number of halogens is 3. The number of hydrogen-bond acceptors (Lipinski definition) is 5. The summed E-state index contributed by atoms with van der Waals surface area (Å²) in [4.78, 5) is 8.75. The van der Waals surface area contributed by atoms with Crippen molar-refractivity contribution in [3.8, 4) is 0 Å². The molecule has 136 valence electrons. The van der Waals surface area contributed by atoms with Crippen LogP contribution >= 0.6 is 0 Å². The van der Waals surface area contributed by atoms with Crippen LogP contribution < -0.4 is 5.32 Å². The highest BCUT2D eigenvalue weighted by atomic mass is 19.4. The summed E-state index contributed by atoms with van der Waals surface area (Å²) in [5.74, 6) is -0.804. The molecule has 3 aromatic heterocycles. The van der Waals surface area contributed by atoms with Gasteiger partial charge in [0.1, 0.15) is 6.33 Å². The average Bonchev–Trinajstić information content (AvgIpc) is 3.23. The minimum atomic E-state index is -4.15. The summed E-state index contributed by atoms with van der Waals surface area (Å²) in [5.41, 5.74) is 2.64. The van der Waals surface area contributed by atoms with Gasteiger partial charge in [0.2, 0.25) is 0 Å². The highest BCUT2D eigenvalue weighted by Gasteiger charge is 2.39. The van der Waals surface area contributed by atoms with Gasteiger partial charge in [-0.2, -0.15) is 23.4 Å². The summed E-state index contributed by atoms with van der Waals surface area (Å²) in [5, 5.41) is 11.4. The van der Waals surface area contributed by atoms with Gasteiger partial charge in [0.25, 0.3) is 0 Å². The summed E-state index contributed by atoms with van der Waals surface area (Å²) in [6.45, 7) is 0. The van der Waals surface area contributed by atoms with E-state index in [1.807, 2.05) is 0 Å². The standard InChI is InChI=1S/C16H16F3N7/c1-25-7-12(6-21-25)23-14-15-20-9-22-26(15)8-13(24-14)10-2-4-11(5-3-10)16(17,18)19/h2,6-9,11H,3-5H2,1H3,(H,23,24). The largest absolute Gasteiger partial charge is 0.392 e. The van der Waals surface area contributed by atoms with Crippen molar-refractivity contribution in [2.75, 3.05) is 5.32 Å². The van der Waals surface area contributed by atoms with Crippen molar-refractivity contribution in [1.29, 1.82) is 0 Å². The number of nitrogens with one attached hydrogen (secondary N) is 1. The first-order valence-electron chi connectivity index (χ1n) is 8.12. The SMILES string of the molecule is Cn1cc(Nc2nc(C3=CCC(C(F)(F)F)CC3)cn3ncnc23)cn1. The molecule has 1 aliphatic carbocycles. The minimum absolute atomic E-state index is 0.0265. The molecule has 3 heterocycles. The number of alkyl halides is 3. The van der Waals surface area contributed by atoms with Crippen molar-refractivity contribution >= 4 is 22.7 Å². The van der Waals surface area contributed by atoms with Gasteiger partial charge in [0, 0.05) is 13.2 Å². The molecular weight excluding hydrogens is 347 g/mol. The summed E-state index contributed by atoms with van der Waals surface area (Å²) in [7, 11) is 1.80. The Morgan fingerprint density at radius 3 is 2.73 bits per heavy atom. The van der Waals surface area contributed by atoms with Crippen LogP contribution in [0.4, 0.5) is 24.7 Å². The van der Waals surface area contributed by atoms with Crippen LogP contribution in [0.25, 0.3) is 11.2 Å². The van der Waals surface area contributed by atoms with E-state index in [0.717, 1.165) is 11.3 Å². The first kappa shape index (κ1) is 16.6. The second-order valence-corrected chi connectivity index (χ2v) is 6.27. The monoisotopic (exact) mass is 363 g/mol. The lowest BCUT2D eigenvalue weighted by Gasteiger charge is -2.24. The molecule has 0 saturated carbocycles. The molecule has 7 nitrogen and oxygen atoms in total. The lowest BCUT2D eigenvalue weighted by molar-refractivity contribution is -0.175. The number of rotatable bonds is 3. The van der Waals surface area contributed by atoms with Gasteiger partial charge in [-0.1, -0.05) is 6.08 Å². The number of fused-ring (bicyclic) bond motifs is 1. The van der Waals surface area contributed by atoms with E-state index in [1.165, 1.54) is 6.33 Å². The highest BCUT2D eigenvalue weighted by molar-refractivity contribution is 5.72. The maximum atomic E-state index is 12.9. The number of aryl methyl sites for hydroxylation is 1. The van der Waals surface area contributed by atoms with Crippen molar-refractivity contribution in [2.45, 2.75) is 25.4 Å². The van der Waals surface area contributed by atoms with Crippen molar-refractivity contribution in [3.05, 3.63) is 36.7 Å². The van der Waals surface area contributed by atoms with Gasteiger partial charge >= 0.3 is 6.18 Å². The first-order valence-corrected chi connectivity index (χ1v) is 8.12. The molecule has 0 aromatic carbocycles. The van der Waals surface area contributed by atoms with Crippen LogP contribution in [0.3, 0.4) is 0 Å². The zero-order valence-electron chi connectivity index (χ0n) is 13.9. The van der Waals surface area contributed by atoms with Crippen molar-refractivity contribution in [2.24, 2.45) is 13.0 Å². The maximum absolute atomic E-state index is 12.9. The second-order valence-electron chi connectivity index (χ2n) is 6.27. The van der Waals surface area contributed by atoms with Crippen LogP contribution in [0, 0.1) is 5.92 Å². The zero-order valence-corrected chi connectivity index (χ0v) is 13.9. The third-order valence-corrected chi connectivity index (χ3v) is 4.43. The van der Waals surface area contributed by atoms with Crippen LogP contribution in [0.1, 0.15) is 25.0 Å². The first-order chi connectivity index (χ1) is 12.4.